The third kappa shape index (κ3) is 2.32. The summed E-state index contributed by atoms with van der Waals surface area (Å²) < 4.78 is 2.39. The molecular formula is C17H13ClN4O2. The highest BCUT2D eigenvalue weighted by molar-refractivity contribution is 6.31. The zero-order chi connectivity index (χ0) is 16.7. The van der Waals surface area contributed by atoms with Crippen molar-refractivity contribution >= 4 is 23.3 Å². The number of carbonyl (C=O) groups is 1. The number of amides is 1. The minimum absolute atomic E-state index is 0.233. The van der Waals surface area contributed by atoms with Crippen molar-refractivity contribution in [2.45, 2.75) is 13.1 Å². The number of fused-ring (bicyclic) bond motifs is 1. The monoisotopic (exact) mass is 340 g/mol. The van der Waals surface area contributed by atoms with Crippen LogP contribution in [0.1, 0.15) is 11.4 Å². The molecule has 0 radical (unpaired) electrons. The SMILES string of the molecule is O=C1N(c2ccccc2)Cc2nn(Cc3ccccc3Cl)c(=O)n21. The van der Waals surface area contributed by atoms with E-state index in [0.29, 0.717) is 10.8 Å². The van der Waals surface area contributed by atoms with Crippen molar-refractivity contribution < 1.29 is 4.79 Å². The Labute approximate surface area is 142 Å². The summed E-state index contributed by atoms with van der Waals surface area (Å²) in [5.74, 6) is 0.431. The largest absolute Gasteiger partial charge is 0.354 e. The van der Waals surface area contributed by atoms with Gasteiger partial charge in [-0.2, -0.15) is 9.67 Å². The summed E-state index contributed by atoms with van der Waals surface area (Å²) in [6, 6.07) is 16.1. The van der Waals surface area contributed by atoms with E-state index in [9.17, 15) is 9.59 Å². The average molecular weight is 341 g/mol. The van der Waals surface area contributed by atoms with Gasteiger partial charge in [0.15, 0.2) is 5.82 Å². The molecule has 0 aliphatic carbocycles. The van der Waals surface area contributed by atoms with Crippen molar-refractivity contribution in [3.05, 3.63) is 81.5 Å². The number of halogens is 1. The second kappa shape index (κ2) is 5.65. The Morgan fingerprint density at radius 3 is 2.42 bits per heavy atom. The number of benzene rings is 2. The van der Waals surface area contributed by atoms with E-state index in [-0.39, 0.29) is 19.1 Å². The molecular weight excluding hydrogens is 328 g/mol. The van der Waals surface area contributed by atoms with E-state index in [1.54, 1.807) is 6.07 Å². The van der Waals surface area contributed by atoms with Gasteiger partial charge in [0.1, 0.15) is 0 Å². The van der Waals surface area contributed by atoms with Crippen molar-refractivity contribution in [2.24, 2.45) is 0 Å². The Morgan fingerprint density at radius 1 is 1.00 bits per heavy atom. The summed E-state index contributed by atoms with van der Waals surface area (Å²) in [7, 11) is 0. The van der Waals surface area contributed by atoms with Crippen molar-refractivity contribution in [2.75, 3.05) is 4.90 Å². The summed E-state index contributed by atoms with van der Waals surface area (Å²) in [4.78, 5) is 26.6. The Morgan fingerprint density at radius 2 is 1.71 bits per heavy atom. The summed E-state index contributed by atoms with van der Waals surface area (Å²) in [6.07, 6.45) is 0. The molecule has 6 nitrogen and oxygen atoms in total. The standard InChI is InChI=1S/C17H13ClN4O2/c18-14-9-5-4-6-12(14)10-21-17(24)22-15(19-21)11-20(16(22)23)13-7-2-1-3-8-13/h1-9H,10-11H2. The van der Waals surface area contributed by atoms with Crippen LogP contribution in [0, 0.1) is 0 Å². The first-order chi connectivity index (χ1) is 11.6. The smallest absolute Gasteiger partial charge is 0.286 e. The van der Waals surface area contributed by atoms with Crippen molar-refractivity contribution in [1.82, 2.24) is 14.3 Å². The number of carbonyl (C=O) groups excluding carboxylic acids is 1. The maximum Gasteiger partial charge on any atom is 0.354 e. The summed E-state index contributed by atoms with van der Waals surface area (Å²) in [6.45, 7) is 0.505. The Hall–Kier alpha value is -2.86. The second-order valence-electron chi connectivity index (χ2n) is 5.49. The summed E-state index contributed by atoms with van der Waals surface area (Å²) in [5.41, 5.74) is 1.07. The molecule has 0 fully saturated rings. The van der Waals surface area contributed by atoms with Gasteiger partial charge in [0.05, 0.1) is 13.1 Å². The number of hydrogen-bond donors (Lipinski definition) is 0. The maximum absolute atomic E-state index is 12.6. The van der Waals surface area contributed by atoms with Crippen LogP contribution in [0.15, 0.2) is 59.4 Å². The van der Waals surface area contributed by atoms with E-state index >= 15 is 0 Å². The van der Waals surface area contributed by atoms with Gasteiger partial charge in [-0.25, -0.2) is 14.3 Å². The summed E-state index contributed by atoms with van der Waals surface area (Å²) in [5, 5.41) is 4.86. The maximum atomic E-state index is 12.6. The molecule has 1 aromatic heterocycles. The van der Waals surface area contributed by atoms with Crippen LogP contribution in [-0.2, 0) is 13.1 Å². The van der Waals surface area contributed by atoms with Crippen LogP contribution >= 0.6 is 11.6 Å². The number of nitrogens with zero attached hydrogens (tertiary/aromatic N) is 4. The summed E-state index contributed by atoms with van der Waals surface area (Å²) >= 11 is 6.13. The lowest BCUT2D eigenvalue weighted by molar-refractivity contribution is 0.250. The van der Waals surface area contributed by atoms with Gasteiger partial charge in [-0.05, 0) is 23.8 Å². The lowest BCUT2D eigenvalue weighted by Gasteiger charge is -2.14. The number of rotatable bonds is 3. The molecule has 3 aromatic rings. The molecule has 0 bridgehead atoms. The Balaban J connectivity index is 1.67. The molecule has 0 spiro atoms. The lowest BCUT2D eigenvalue weighted by atomic mass is 10.2. The predicted molar refractivity (Wildman–Crippen MR) is 90.5 cm³/mol. The van der Waals surface area contributed by atoms with Gasteiger partial charge in [-0.1, -0.05) is 48.0 Å². The van der Waals surface area contributed by atoms with E-state index in [2.05, 4.69) is 5.10 Å². The minimum Gasteiger partial charge on any atom is -0.286 e. The van der Waals surface area contributed by atoms with E-state index in [0.717, 1.165) is 15.8 Å². The van der Waals surface area contributed by atoms with E-state index in [4.69, 9.17) is 11.6 Å². The number of aromatic nitrogens is 3. The average Bonchev–Trinajstić information content (AvgIpc) is 3.08. The van der Waals surface area contributed by atoms with Crippen LogP contribution in [0.4, 0.5) is 10.5 Å². The third-order valence-corrected chi connectivity index (χ3v) is 4.34. The van der Waals surface area contributed by atoms with Gasteiger partial charge in [0.25, 0.3) is 0 Å². The molecule has 24 heavy (non-hydrogen) atoms. The third-order valence-electron chi connectivity index (χ3n) is 3.97. The van der Waals surface area contributed by atoms with Crippen LogP contribution in [0.3, 0.4) is 0 Å². The van der Waals surface area contributed by atoms with Crippen molar-refractivity contribution in [3.8, 4) is 0 Å². The van der Waals surface area contributed by atoms with Gasteiger partial charge in [-0.15, -0.1) is 0 Å². The number of anilines is 1. The molecule has 1 aliphatic rings. The molecule has 2 heterocycles. The first kappa shape index (κ1) is 14.7. The predicted octanol–water partition coefficient (Wildman–Crippen LogP) is 2.73. The molecule has 0 N–H and O–H groups in total. The highest BCUT2D eigenvalue weighted by Crippen LogP contribution is 2.22. The lowest BCUT2D eigenvalue weighted by Crippen LogP contribution is -2.35. The second-order valence-corrected chi connectivity index (χ2v) is 5.89. The topological polar surface area (TPSA) is 60.1 Å². The molecule has 0 saturated carbocycles. The van der Waals surface area contributed by atoms with E-state index in [1.165, 1.54) is 9.58 Å². The minimum atomic E-state index is -0.451. The molecule has 7 heteroatoms. The molecule has 1 aliphatic heterocycles. The van der Waals surface area contributed by atoms with Crippen LogP contribution in [0.25, 0.3) is 0 Å². The fourth-order valence-electron chi connectivity index (χ4n) is 2.78. The van der Waals surface area contributed by atoms with Gasteiger partial charge in [-0.3, -0.25) is 4.90 Å². The van der Waals surface area contributed by atoms with Crippen LogP contribution in [-0.4, -0.2) is 20.4 Å². The molecule has 120 valence electrons. The number of para-hydroxylation sites is 1. The van der Waals surface area contributed by atoms with E-state index in [1.807, 2.05) is 48.5 Å². The van der Waals surface area contributed by atoms with E-state index < -0.39 is 5.69 Å². The molecule has 0 saturated heterocycles. The molecule has 0 unspecified atom stereocenters. The molecule has 4 rings (SSSR count). The van der Waals surface area contributed by atoms with Gasteiger partial charge in [0.2, 0.25) is 0 Å². The first-order valence-electron chi connectivity index (χ1n) is 7.44. The number of hydrogen-bond acceptors (Lipinski definition) is 3. The van der Waals surface area contributed by atoms with Crippen molar-refractivity contribution in [1.29, 1.82) is 0 Å². The fraction of sp³-hybridized carbons (Fsp3) is 0.118. The van der Waals surface area contributed by atoms with Gasteiger partial charge >= 0.3 is 11.7 Å². The van der Waals surface area contributed by atoms with Crippen LogP contribution < -0.4 is 10.6 Å². The fourth-order valence-corrected chi connectivity index (χ4v) is 2.97. The molecule has 2 aromatic carbocycles. The van der Waals surface area contributed by atoms with Gasteiger partial charge < -0.3 is 0 Å². The highest BCUT2D eigenvalue weighted by atomic mass is 35.5. The highest BCUT2D eigenvalue weighted by Gasteiger charge is 2.33. The molecule has 1 amide bonds. The van der Waals surface area contributed by atoms with Gasteiger partial charge in [0, 0.05) is 10.7 Å². The Kier molecular flexibility index (Phi) is 3.46. The zero-order valence-electron chi connectivity index (χ0n) is 12.6. The Bertz CT molecular complexity index is 978. The quantitative estimate of drug-likeness (QED) is 0.736. The molecule has 0 atom stereocenters. The van der Waals surface area contributed by atoms with Crippen LogP contribution in [0.2, 0.25) is 5.02 Å². The first-order valence-corrected chi connectivity index (χ1v) is 7.82. The van der Waals surface area contributed by atoms with Crippen LogP contribution in [0.5, 0.6) is 0 Å². The normalized spacial score (nSPS) is 13.4. The van der Waals surface area contributed by atoms with Crippen molar-refractivity contribution in [3.63, 3.8) is 0 Å². The zero-order valence-corrected chi connectivity index (χ0v) is 13.3.